The van der Waals surface area contributed by atoms with E-state index in [0.717, 1.165) is 24.5 Å². The lowest BCUT2D eigenvalue weighted by molar-refractivity contribution is 0.122. The fourth-order valence-electron chi connectivity index (χ4n) is 2.56. The number of hydrogen-bond donors (Lipinski definition) is 0. The molecule has 0 unspecified atom stereocenters. The molecule has 0 aliphatic carbocycles. The highest BCUT2D eigenvalue weighted by Crippen LogP contribution is 2.28. The van der Waals surface area contributed by atoms with Gasteiger partial charge in [-0.1, -0.05) is 23.2 Å². The minimum atomic E-state index is 0.477. The second-order valence-corrected chi connectivity index (χ2v) is 6.03. The average Bonchev–Trinajstić information content (AvgIpc) is 3.01. The molecule has 1 fully saturated rings. The van der Waals surface area contributed by atoms with Gasteiger partial charge < -0.3 is 9.64 Å². The summed E-state index contributed by atoms with van der Waals surface area (Å²) in [7, 11) is 0. The van der Waals surface area contributed by atoms with Crippen LogP contribution < -0.4 is 4.90 Å². The highest BCUT2D eigenvalue weighted by Gasteiger charge is 2.16. The summed E-state index contributed by atoms with van der Waals surface area (Å²) in [4.78, 5) is 2.18. The number of ether oxygens (including phenoxy) is 1. The van der Waals surface area contributed by atoms with E-state index >= 15 is 0 Å². The van der Waals surface area contributed by atoms with Crippen LogP contribution in [0, 0.1) is 0 Å². The zero-order chi connectivity index (χ0) is 15.8. The van der Waals surface area contributed by atoms with E-state index < -0.39 is 0 Å². The molecule has 1 aliphatic heterocycles. The van der Waals surface area contributed by atoms with Crippen LogP contribution >= 0.6 is 23.2 Å². The molecule has 118 valence electrons. The Bertz CT molecular complexity index is 860. The van der Waals surface area contributed by atoms with E-state index in [1.807, 2.05) is 18.2 Å². The molecule has 6 nitrogen and oxygen atoms in total. The molecule has 0 bridgehead atoms. The summed E-state index contributed by atoms with van der Waals surface area (Å²) in [6.45, 7) is 3.06. The summed E-state index contributed by atoms with van der Waals surface area (Å²) in [6, 6.07) is 9.23. The molecule has 0 amide bonds. The van der Waals surface area contributed by atoms with Gasteiger partial charge in [0.2, 0.25) is 0 Å². The number of halogens is 2. The molecule has 1 aliphatic rings. The van der Waals surface area contributed by atoms with Gasteiger partial charge >= 0.3 is 0 Å². The molecular formula is C15H13Cl2N5O. The van der Waals surface area contributed by atoms with Crippen LogP contribution in [0.4, 0.5) is 5.82 Å². The third-order valence-corrected chi connectivity index (χ3v) is 4.50. The Morgan fingerprint density at radius 1 is 0.957 bits per heavy atom. The summed E-state index contributed by atoms with van der Waals surface area (Å²) in [5.41, 5.74) is 1.50. The topological polar surface area (TPSA) is 55.5 Å². The maximum absolute atomic E-state index is 6.10. The molecule has 0 atom stereocenters. The summed E-state index contributed by atoms with van der Waals surface area (Å²) < 4.78 is 7.11. The van der Waals surface area contributed by atoms with Crippen molar-refractivity contribution in [2.24, 2.45) is 0 Å². The van der Waals surface area contributed by atoms with Gasteiger partial charge in [-0.3, -0.25) is 0 Å². The van der Waals surface area contributed by atoms with Crippen molar-refractivity contribution in [2.45, 2.75) is 0 Å². The molecule has 4 rings (SSSR count). The van der Waals surface area contributed by atoms with E-state index in [0.29, 0.717) is 34.7 Å². The Morgan fingerprint density at radius 3 is 2.57 bits per heavy atom. The second-order valence-electron chi connectivity index (χ2n) is 5.21. The molecule has 0 N–H and O–H groups in total. The van der Waals surface area contributed by atoms with Crippen LogP contribution in [0.5, 0.6) is 0 Å². The van der Waals surface area contributed by atoms with Crippen LogP contribution in [-0.2, 0) is 4.74 Å². The standard InChI is InChI=1S/C15H13Cl2N5O/c16-11-2-1-10(9-12(11)17)15-19-18-13-3-4-14(20-22(13)15)21-5-7-23-8-6-21/h1-4,9H,5-8H2. The quantitative estimate of drug-likeness (QED) is 0.711. The van der Waals surface area contributed by atoms with Gasteiger partial charge in [0.15, 0.2) is 11.5 Å². The van der Waals surface area contributed by atoms with Crippen molar-refractivity contribution in [3.8, 4) is 11.4 Å². The molecule has 23 heavy (non-hydrogen) atoms. The molecular weight excluding hydrogens is 337 g/mol. The normalized spacial score (nSPS) is 15.3. The van der Waals surface area contributed by atoms with Crippen molar-refractivity contribution < 1.29 is 4.74 Å². The first-order valence-corrected chi connectivity index (χ1v) is 7.98. The van der Waals surface area contributed by atoms with Crippen molar-refractivity contribution in [1.29, 1.82) is 0 Å². The Kier molecular flexibility index (Phi) is 3.80. The van der Waals surface area contributed by atoms with Gasteiger partial charge in [0.1, 0.15) is 5.82 Å². The monoisotopic (exact) mass is 349 g/mol. The van der Waals surface area contributed by atoms with Crippen molar-refractivity contribution in [3.63, 3.8) is 0 Å². The Balaban J connectivity index is 1.79. The largest absolute Gasteiger partial charge is 0.378 e. The lowest BCUT2D eigenvalue weighted by Gasteiger charge is -2.27. The Labute approximate surface area is 142 Å². The number of hydrogen-bond acceptors (Lipinski definition) is 5. The van der Waals surface area contributed by atoms with Crippen molar-refractivity contribution in [3.05, 3.63) is 40.4 Å². The third-order valence-electron chi connectivity index (χ3n) is 3.76. The van der Waals surface area contributed by atoms with Crippen LogP contribution in [0.2, 0.25) is 10.0 Å². The predicted molar refractivity (Wildman–Crippen MR) is 89.3 cm³/mol. The zero-order valence-corrected chi connectivity index (χ0v) is 13.6. The summed E-state index contributed by atoms with van der Waals surface area (Å²) in [6.07, 6.45) is 0. The second kappa shape index (κ2) is 5.96. The Hall–Kier alpha value is -1.89. The first-order valence-electron chi connectivity index (χ1n) is 7.23. The maximum Gasteiger partial charge on any atom is 0.185 e. The van der Waals surface area contributed by atoms with Crippen molar-refractivity contribution in [1.82, 2.24) is 19.8 Å². The van der Waals surface area contributed by atoms with Gasteiger partial charge in [-0.15, -0.1) is 15.3 Å². The number of rotatable bonds is 2. The SMILES string of the molecule is Clc1ccc(-c2nnc3ccc(N4CCOCC4)nn23)cc1Cl. The number of benzene rings is 1. The number of nitrogens with zero attached hydrogens (tertiary/aromatic N) is 5. The minimum Gasteiger partial charge on any atom is -0.378 e. The summed E-state index contributed by atoms with van der Waals surface area (Å²) >= 11 is 12.1. The highest BCUT2D eigenvalue weighted by atomic mass is 35.5. The van der Waals surface area contributed by atoms with Gasteiger partial charge in [0.05, 0.1) is 23.3 Å². The fourth-order valence-corrected chi connectivity index (χ4v) is 2.85. The maximum atomic E-state index is 6.10. The number of anilines is 1. The van der Waals surface area contributed by atoms with E-state index in [1.165, 1.54) is 0 Å². The zero-order valence-electron chi connectivity index (χ0n) is 12.1. The van der Waals surface area contributed by atoms with E-state index in [-0.39, 0.29) is 0 Å². The molecule has 8 heteroatoms. The molecule has 0 radical (unpaired) electrons. The van der Waals surface area contributed by atoms with Gasteiger partial charge in [0.25, 0.3) is 0 Å². The number of fused-ring (bicyclic) bond motifs is 1. The first kappa shape index (κ1) is 14.7. The van der Waals surface area contributed by atoms with Crippen LogP contribution in [0.3, 0.4) is 0 Å². The van der Waals surface area contributed by atoms with Crippen LogP contribution in [0.25, 0.3) is 17.0 Å². The first-order chi connectivity index (χ1) is 11.2. The molecule has 2 aromatic heterocycles. The van der Waals surface area contributed by atoms with E-state index in [1.54, 1.807) is 16.6 Å². The lowest BCUT2D eigenvalue weighted by atomic mass is 10.2. The third kappa shape index (κ3) is 2.73. The summed E-state index contributed by atoms with van der Waals surface area (Å²) in [5, 5.41) is 14.0. The molecule has 0 spiro atoms. The van der Waals surface area contributed by atoms with Gasteiger partial charge in [-0.25, -0.2) is 0 Å². The molecule has 1 aromatic carbocycles. The smallest absolute Gasteiger partial charge is 0.185 e. The molecule has 3 aromatic rings. The van der Waals surface area contributed by atoms with E-state index in [4.69, 9.17) is 27.9 Å². The van der Waals surface area contributed by atoms with Crippen LogP contribution in [0.15, 0.2) is 30.3 Å². The predicted octanol–water partition coefficient (Wildman–Crippen LogP) is 2.93. The average molecular weight is 350 g/mol. The van der Waals surface area contributed by atoms with Crippen LogP contribution in [-0.4, -0.2) is 46.1 Å². The lowest BCUT2D eigenvalue weighted by Crippen LogP contribution is -2.37. The Morgan fingerprint density at radius 2 is 1.78 bits per heavy atom. The molecule has 1 saturated heterocycles. The van der Waals surface area contributed by atoms with Gasteiger partial charge in [-0.05, 0) is 30.3 Å². The summed E-state index contributed by atoms with van der Waals surface area (Å²) in [5.74, 6) is 1.51. The van der Waals surface area contributed by atoms with E-state index in [2.05, 4.69) is 20.2 Å². The van der Waals surface area contributed by atoms with Crippen molar-refractivity contribution in [2.75, 3.05) is 31.2 Å². The minimum absolute atomic E-state index is 0.477. The number of aromatic nitrogens is 4. The highest BCUT2D eigenvalue weighted by molar-refractivity contribution is 6.42. The van der Waals surface area contributed by atoms with Crippen LogP contribution in [0.1, 0.15) is 0 Å². The van der Waals surface area contributed by atoms with Crippen molar-refractivity contribution >= 4 is 34.7 Å². The molecule has 3 heterocycles. The van der Waals surface area contributed by atoms with Gasteiger partial charge in [0, 0.05) is 18.7 Å². The van der Waals surface area contributed by atoms with Gasteiger partial charge in [-0.2, -0.15) is 4.52 Å². The molecule has 0 saturated carbocycles. The fraction of sp³-hybridized carbons (Fsp3) is 0.267. The van der Waals surface area contributed by atoms with E-state index in [9.17, 15) is 0 Å². The number of morpholine rings is 1.